The van der Waals surface area contributed by atoms with Gasteiger partial charge in [-0.05, 0) is 24.3 Å². The number of carbonyl (C=O) groups excluding carboxylic acids is 2. The number of hydrogen-bond donors (Lipinski definition) is 2. The quantitative estimate of drug-likeness (QED) is 0.416. The maximum atomic E-state index is 11.0. The molecule has 0 fully saturated rings. The fraction of sp³-hybridized carbons (Fsp3) is 0.222. The van der Waals surface area contributed by atoms with Gasteiger partial charge in [0.1, 0.15) is 11.5 Å². The van der Waals surface area contributed by atoms with Crippen molar-refractivity contribution in [2.45, 2.75) is 0 Å². The summed E-state index contributed by atoms with van der Waals surface area (Å²) >= 11 is 0. The van der Waals surface area contributed by atoms with E-state index in [0.29, 0.717) is 0 Å². The number of hydrogen-bond acceptors (Lipinski definition) is 8. The molecule has 0 unspecified atom stereocenters. The number of para-hydroxylation sites is 4. The van der Waals surface area contributed by atoms with Gasteiger partial charge in [0, 0.05) is 13.1 Å². The summed E-state index contributed by atoms with van der Waals surface area (Å²) in [5.41, 5.74) is 0.560. The minimum Gasteiger partial charge on any atom is -0.548 e. The number of carboxylic acids is 2. The van der Waals surface area contributed by atoms with Crippen LogP contribution in [-0.4, -0.2) is 48.3 Å². The molecule has 0 heterocycles. The van der Waals surface area contributed by atoms with Gasteiger partial charge in [0.05, 0.1) is 36.4 Å². The van der Waals surface area contributed by atoms with Crippen molar-refractivity contribution < 1.29 is 67.7 Å². The molecule has 0 bridgehead atoms. The number of carboxylic acid groups (broad SMARTS) is 2. The smallest absolute Gasteiger partial charge is 0.548 e. The van der Waals surface area contributed by atoms with Gasteiger partial charge in [-0.3, -0.25) is 0 Å². The summed E-state index contributed by atoms with van der Waals surface area (Å²) in [6, 6.07) is 12.4. The molecule has 0 aliphatic heterocycles. The van der Waals surface area contributed by atoms with Crippen LogP contribution in [0.5, 0.6) is 11.5 Å². The minimum absolute atomic E-state index is 0. The second kappa shape index (κ2) is 12.3. The number of benzene rings is 2. The first kappa shape index (κ1) is 25.8. The van der Waals surface area contributed by atoms with Gasteiger partial charge < -0.3 is 39.8 Å². The molecule has 0 saturated carbocycles. The number of aromatic hydroxyl groups is 2. The zero-order valence-corrected chi connectivity index (χ0v) is 15.9. The van der Waals surface area contributed by atoms with E-state index in [0.717, 1.165) is 0 Å². The number of rotatable bonds is 9. The van der Waals surface area contributed by atoms with Gasteiger partial charge in [0.2, 0.25) is 0 Å². The first-order valence-corrected chi connectivity index (χ1v) is 7.84. The fourth-order valence-corrected chi connectivity index (χ4v) is 2.59. The van der Waals surface area contributed by atoms with Crippen molar-refractivity contribution in [1.29, 1.82) is 0 Å². The molecule has 0 spiro atoms. The van der Waals surface area contributed by atoms with Crippen molar-refractivity contribution in [3.05, 3.63) is 48.5 Å². The topological polar surface area (TPSA) is 127 Å². The Morgan fingerprint density at radius 2 is 1.04 bits per heavy atom. The number of carbonyl (C=O) groups is 2. The Bertz CT molecular complexity index is 725. The third-order valence-corrected chi connectivity index (χ3v) is 3.72. The van der Waals surface area contributed by atoms with Crippen LogP contribution < -0.4 is 57.7 Å². The summed E-state index contributed by atoms with van der Waals surface area (Å²) < 4.78 is 0. The Hall–Kier alpha value is -2.23. The summed E-state index contributed by atoms with van der Waals surface area (Å²) in [4.78, 5) is 24.8. The molecular formula is C18H18Li2N2O6. The summed E-state index contributed by atoms with van der Waals surface area (Å²) in [6.45, 7) is -0.852. The number of aliphatic carboxylic acids is 2. The van der Waals surface area contributed by atoms with Gasteiger partial charge in [-0.25, -0.2) is 0 Å². The molecule has 0 aromatic heterocycles. The maximum Gasteiger partial charge on any atom is 1.00 e. The molecule has 8 nitrogen and oxygen atoms in total. The summed E-state index contributed by atoms with van der Waals surface area (Å²) in [6.07, 6.45) is 0. The molecule has 2 aromatic carbocycles. The first-order valence-electron chi connectivity index (χ1n) is 7.84. The third-order valence-electron chi connectivity index (χ3n) is 3.72. The van der Waals surface area contributed by atoms with Crippen LogP contribution in [0.1, 0.15) is 0 Å². The van der Waals surface area contributed by atoms with Gasteiger partial charge in [-0.15, -0.1) is 0 Å². The molecule has 0 radical (unpaired) electrons. The van der Waals surface area contributed by atoms with Gasteiger partial charge in [0.25, 0.3) is 0 Å². The van der Waals surface area contributed by atoms with Crippen LogP contribution in [0.25, 0.3) is 0 Å². The second-order valence-electron chi connectivity index (χ2n) is 5.56. The fourth-order valence-electron chi connectivity index (χ4n) is 2.59. The molecule has 28 heavy (non-hydrogen) atoms. The number of phenols is 2. The van der Waals surface area contributed by atoms with Gasteiger partial charge in [0.15, 0.2) is 0 Å². The molecule has 0 aliphatic carbocycles. The van der Waals surface area contributed by atoms with E-state index in [1.54, 1.807) is 36.4 Å². The summed E-state index contributed by atoms with van der Waals surface area (Å²) in [5, 5.41) is 42.0. The molecule has 2 rings (SSSR count). The minimum atomic E-state index is -1.35. The predicted molar refractivity (Wildman–Crippen MR) is 90.7 cm³/mol. The Morgan fingerprint density at radius 3 is 1.32 bits per heavy atom. The normalized spacial score (nSPS) is 9.57. The van der Waals surface area contributed by atoms with E-state index < -0.39 is 25.0 Å². The Morgan fingerprint density at radius 1 is 0.714 bits per heavy atom. The molecule has 10 heteroatoms. The predicted octanol–water partition coefficient (Wildman–Crippen LogP) is -7.08. The van der Waals surface area contributed by atoms with Gasteiger partial charge in [-0.2, -0.15) is 0 Å². The summed E-state index contributed by atoms with van der Waals surface area (Å²) in [5.74, 6) is -2.91. The van der Waals surface area contributed by atoms with Gasteiger partial charge in [-0.1, -0.05) is 24.3 Å². The second-order valence-corrected chi connectivity index (χ2v) is 5.56. The zero-order valence-electron chi connectivity index (χ0n) is 15.9. The van der Waals surface area contributed by atoms with E-state index in [1.807, 2.05) is 0 Å². The van der Waals surface area contributed by atoms with Crippen molar-refractivity contribution >= 4 is 23.3 Å². The molecule has 138 valence electrons. The van der Waals surface area contributed by atoms with E-state index in [2.05, 4.69) is 0 Å². The zero-order chi connectivity index (χ0) is 19.1. The van der Waals surface area contributed by atoms with E-state index in [1.165, 1.54) is 21.9 Å². The molecule has 0 aliphatic rings. The average molecular weight is 372 g/mol. The van der Waals surface area contributed by atoms with Crippen molar-refractivity contribution in [3.63, 3.8) is 0 Å². The van der Waals surface area contributed by atoms with Crippen LogP contribution >= 0.6 is 0 Å². The summed E-state index contributed by atoms with van der Waals surface area (Å²) in [7, 11) is 0. The van der Waals surface area contributed by atoms with Crippen LogP contribution in [0.4, 0.5) is 11.4 Å². The number of anilines is 2. The Balaban J connectivity index is 0.00000364. The molecule has 0 amide bonds. The largest absolute Gasteiger partial charge is 1.00 e. The van der Waals surface area contributed by atoms with Crippen molar-refractivity contribution in [3.8, 4) is 11.5 Å². The third kappa shape index (κ3) is 7.42. The Kier molecular flexibility index (Phi) is 11.3. The maximum absolute atomic E-state index is 11.0. The van der Waals surface area contributed by atoms with E-state index in [-0.39, 0.29) is 73.7 Å². The SMILES string of the molecule is O=C([O-])CN(CCN(CC(=O)[O-])c1ccccc1O)c1ccccc1O.[Li+].[Li+]. The van der Waals surface area contributed by atoms with Crippen molar-refractivity contribution in [1.82, 2.24) is 0 Å². The monoisotopic (exact) mass is 372 g/mol. The molecule has 2 N–H and O–H groups in total. The van der Waals surface area contributed by atoms with E-state index in [4.69, 9.17) is 0 Å². The van der Waals surface area contributed by atoms with Crippen LogP contribution in [0.15, 0.2) is 48.5 Å². The van der Waals surface area contributed by atoms with Crippen LogP contribution in [0.2, 0.25) is 0 Å². The number of phenolic OH excluding ortho intramolecular Hbond substituents is 2. The van der Waals surface area contributed by atoms with E-state index >= 15 is 0 Å². The standard InChI is InChI=1S/C18H20N2O6.2Li/c21-15-7-3-1-5-13(15)19(11-17(23)24)9-10-20(12-18(25)26)14-6-2-4-8-16(14)22;;/h1-8,21-22H,9-12H2,(H,23,24)(H,25,26);;/q;2*+1/p-2. The Labute approximate surface area is 186 Å². The first-order chi connectivity index (χ1) is 12.4. The molecule has 2 aromatic rings. The molecule has 0 saturated heterocycles. The van der Waals surface area contributed by atoms with Crippen LogP contribution in [-0.2, 0) is 9.59 Å². The average Bonchev–Trinajstić information content (AvgIpc) is 2.58. The van der Waals surface area contributed by atoms with Crippen LogP contribution in [0.3, 0.4) is 0 Å². The van der Waals surface area contributed by atoms with Gasteiger partial charge >= 0.3 is 37.7 Å². The van der Waals surface area contributed by atoms with Crippen molar-refractivity contribution in [2.75, 3.05) is 36.0 Å². The van der Waals surface area contributed by atoms with E-state index in [9.17, 15) is 30.0 Å². The number of nitrogens with zero attached hydrogens (tertiary/aromatic N) is 2. The van der Waals surface area contributed by atoms with Crippen LogP contribution in [0, 0.1) is 0 Å². The van der Waals surface area contributed by atoms with Crippen molar-refractivity contribution in [2.24, 2.45) is 0 Å². The molecular weight excluding hydrogens is 354 g/mol. The molecule has 0 atom stereocenters.